The van der Waals surface area contributed by atoms with Crippen molar-refractivity contribution in [1.29, 1.82) is 0 Å². The Morgan fingerprint density at radius 1 is 1.67 bits per heavy atom. The van der Waals surface area contributed by atoms with Gasteiger partial charge in [0.05, 0.1) is 0 Å². The number of hydrogen-bond acceptors (Lipinski definition) is 2. The number of thiol groups is 2. The van der Waals surface area contributed by atoms with E-state index in [1.54, 1.807) is 6.08 Å². The van der Waals surface area contributed by atoms with Crippen molar-refractivity contribution in [3.63, 3.8) is 0 Å². The van der Waals surface area contributed by atoms with E-state index in [-0.39, 0.29) is 4.58 Å². The van der Waals surface area contributed by atoms with Crippen LogP contribution in [0, 0.1) is 0 Å². The van der Waals surface area contributed by atoms with Crippen LogP contribution in [0.15, 0.2) is 12.7 Å². The van der Waals surface area contributed by atoms with Gasteiger partial charge in [-0.2, -0.15) is 25.3 Å². The Hall–Kier alpha value is 0.440. The molecule has 0 aromatic rings. The number of hydrogen-bond donors (Lipinski definition) is 2. The van der Waals surface area contributed by atoms with Gasteiger partial charge < -0.3 is 0 Å². The second-order valence-electron chi connectivity index (χ2n) is 1.00. The Balaban J connectivity index is 2.81. The third-order valence-electron chi connectivity index (χ3n) is 0.377. The molecule has 0 aromatic heterocycles. The standard InChI is InChI=1S/C4H8S2/c1-2-3-4(5)6/h2,4-6H,1,3H2. The Kier molecular flexibility index (Phi) is 3.89. The van der Waals surface area contributed by atoms with Crippen LogP contribution < -0.4 is 0 Å². The van der Waals surface area contributed by atoms with Gasteiger partial charge in [-0.3, -0.25) is 0 Å². The van der Waals surface area contributed by atoms with E-state index in [2.05, 4.69) is 31.8 Å². The highest BCUT2D eigenvalue weighted by molar-refractivity contribution is 7.99. The van der Waals surface area contributed by atoms with Gasteiger partial charge in [0, 0.05) is 4.58 Å². The van der Waals surface area contributed by atoms with Gasteiger partial charge in [0.2, 0.25) is 0 Å². The van der Waals surface area contributed by atoms with E-state index in [0.717, 1.165) is 6.42 Å². The molecular weight excluding hydrogens is 112 g/mol. The van der Waals surface area contributed by atoms with Crippen molar-refractivity contribution in [2.45, 2.75) is 11.0 Å². The number of allylic oxidation sites excluding steroid dienone is 1. The van der Waals surface area contributed by atoms with Crippen molar-refractivity contribution in [2.75, 3.05) is 0 Å². The molecule has 0 heterocycles. The lowest BCUT2D eigenvalue weighted by Gasteiger charge is -1.91. The number of rotatable bonds is 2. The van der Waals surface area contributed by atoms with E-state index in [4.69, 9.17) is 0 Å². The highest BCUT2D eigenvalue weighted by atomic mass is 32.2. The molecule has 0 fully saturated rings. The van der Waals surface area contributed by atoms with Gasteiger partial charge in [-0.1, -0.05) is 6.08 Å². The Morgan fingerprint density at radius 3 is 2.17 bits per heavy atom. The summed E-state index contributed by atoms with van der Waals surface area (Å²) in [6.07, 6.45) is 2.66. The smallest absolute Gasteiger partial charge is 0.0476 e. The first-order valence-corrected chi connectivity index (χ1v) is 2.77. The molecule has 0 amide bonds. The fourth-order valence-corrected chi connectivity index (χ4v) is 0.447. The quantitative estimate of drug-likeness (QED) is 0.309. The summed E-state index contributed by atoms with van der Waals surface area (Å²) in [5.74, 6) is 0. The molecule has 0 nitrogen and oxygen atoms in total. The minimum absolute atomic E-state index is 0.169. The van der Waals surface area contributed by atoms with Crippen molar-refractivity contribution >= 4 is 25.3 Å². The third-order valence-corrected chi connectivity index (χ3v) is 0.799. The van der Waals surface area contributed by atoms with E-state index in [0.29, 0.717) is 0 Å². The minimum atomic E-state index is 0.169. The molecule has 0 aliphatic carbocycles. The highest BCUT2D eigenvalue weighted by Crippen LogP contribution is 2.03. The molecule has 0 radical (unpaired) electrons. The highest BCUT2D eigenvalue weighted by Gasteiger charge is 1.84. The summed E-state index contributed by atoms with van der Waals surface area (Å²) in [7, 11) is 0. The largest absolute Gasteiger partial charge is 0.165 e. The lowest BCUT2D eigenvalue weighted by molar-refractivity contribution is 1.20. The Bertz CT molecular complexity index is 40.8. The molecule has 0 atom stereocenters. The molecule has 0 saturated carbocycles. The molecule has 0 saturated heterocycles. The molecule has 0 spiro atoms. The Labute approximate surface area is 49.5 Å². The van der Waals surface area contributed by atoms with Gasteiger partial charge in [0.15, 0.2) is 0 Å². The third kappa shape index (κ3) is 4.44. The van der Waals surface area contributed by atoms with Gasteiger partial charge in [0.25, 0.3) is 0 Å². The zero-order chi connectivity index (χ0) is 4.99. The predicted octanol–water partition coefficient (Wildman–Crippen LogP) is 1.75. The molecule has 0 unspecified atom stereocenters. The molecule has 36 valence electrons. The van der Waals surface area contributed by atoms with Gasteiger partial charge in [-0.05, 0) is 6.42 Å². The maximum Gasteiger partial charge on any atom is 0.0476 e. The Morgan fingerprint density at radius 2 is 2.17 bits per heavy atom. The molecule has 0 bridgehead atoms. The maximum atomic E-state index is 3.97. The average molecular weight is 120 g/mol. The van der Waals surface area contributed by atoms with E-state index in [1.165, 1.54) is 0 Å². The molecule has 0 rings (SSSR count). The first kappa shape index (κ1) is 6.44. The van der Waals surface area contributed by atoms with Gasteiger partial charge in [-0.15, -0.1) is 6.58 Å². The van der Waals surface area contributed by atoms with E-state index in [1.807, 2.05) is 0 Å². The van der Waals surface area contributed by atoms with Crippen LogP contribution in [0.3, 0.4) is 0 Å². The van der Waals surface area contributed by atoms with Crippen LogP contribution in [-0.2, 0) is 0 Å². The molecule has 0 aliphatic heterocycles. The summed E-state index contributed by atoms with van der Waals surface area (Å²) >= 11 is 7.94. The second kappa shape index (κ2) is 3.62. The lowest BCUT2D eigenvalue weighted by atomic mass is 10.5. The monoisotopic (exact) mass is 120 g/mol. The topological polar surface area (TPSA) is 0 Å². The minimum Gasteiger partial charge on any atom is -0.165 e. The van der Waals surface area contributed by atoms with Crippen molar-refractivity contribution in [3.8, 4) is 0 Å². The van der Waals surface area contributed by atoms with Crippen LogP contribution in [0.5, 0.6) is 0 Å². The summed E-state index contributed by atoms with van der Waals surface area (Å²) in [5, 5.41) is 0. The molecule has 6 heavy (non-hydrogen) atoms. The summed E-state index contributed by atoms with van der Waals surface area (Å²) in [4.78, 5) is 0. The summed E-state index contributed by atoms with van der Waals surface area (Å²) in [5.41, 5.74) is 0. The normalized spacial score (nSPS) is 9.17. The van der Waals surface area contributed by atoms with E-state index in [9.17, 15) is 0 Å². The molecular formula is C4H8S2. The molecule has 0 N–H and O–H groups in total. The van der Waals surface area contributed by atoms with Gasteiger partial charge in [-0.25, -0.2) is 0 Å². The molecule has 2 heteroatoms. The van der Waals surface area contributed by atoms with Crippen LogP contribution in [0.2, 0.25) is 0 Å². The van der Waals surface area contributed by atoms with Crippen molar-refractivity contribution in [3.05, 3.63) is 12.7 Å². The van der Waals surface area contributed by atoms with Crippen molar-refractivity contribution in [2.24, 2.45) is 0 Å². The zero-order valence-corrected chi connectivity index (χ0v) is 5.25. The zero-order valence-electron chi connectivity index (χ0n) is 3.46. The van der Waals surface area contributed by atoms with Gasteiger partial charge >= 0.3 is 0 Å². The molecule has 0 aliphatic rings. The molecule has 0 aromatic carbocycles. The fourth-order valence-electron chi connectivity index (χ4n) is 0.149. The maximum absolute atomic E-state index is 3.97. The lowest BCUT2D eigenvalue weighted by Crippen LogP contribution is -1.78. The van der Waals surface area contributed by atoms with E-state index >= 15 is 0 Å². The summed E-state index contributed by atoms with van der Waals surface area (Å²) in [6.45, 7) is 3.50. The average Bonchev–Trinajstić information content (AvgIpc) is 1.35. The first-order chi connectivity index (χ1) is 2.77. The van der Waals surface area contributed by atoms with Crippen LogP contribution in [0.4, 0.5) is 0 Å². The van der Waals surface area contributed by atoms with Crippen LogP contribution >= 0.6 is 25.3 Å². The summed E-state index contributed by atoms with van der Waals surface area (Å²) < 4.78 is 0.169. The van der Waals surface area contributed by atoms with Crippen LogP contribution in [-0.4, -0.2) is 4.58 Å². The predicted molar refractivity (Wildman–Crippen MR) is 36.6 cm³/mol. The first-order valence-electron chi connectivity index (χ1n) is 1.74. The second-order valence-corrected chi connectivity index (χ2v) is 2.66. The summed E-state index contributed by atoms with van der Waals surface area (Å²) in [6, 6.07) is 0. The van der Waals surface area contributed by atoms with Crippen molar-refractivity contribution in [1.82, 2.24) is 0 Å². The van der Waals surface area contributed by atoms with Crippen LogP contribution in [0.1, 0.15) is 6.42 Å². The van der Waals surface area contributed by atoms with Gasteiger partial charge in [0.1, 0.15) is 0 Å². The van der Waals surface area contributed by atoms with Crippen LogP contribution in [0.25, 0.3) is 0 Å². The van der Waals surface area contributed by atoms with Crippen molar-refractivity contribution < 1.29 is 0 Å². The van der Waals surface area contributed by atoms with E-state index < -0.39 is 0 Å². The fraction of sp³-hybridized carbons (Fsp3) is 0.500. The SMILES string of the molecule is C=CCC(S)S.